The van der Waals surface area contributed by atoms with Crippen LogP contribution in [0.1, 0.15) is 26.2 Å². The molecule has 0 heterocycles. The Morgan fingerprint density at radius 1 is 1.58 bits per heavy atom. The van der Waals surface area contributed by atoms with Crippen LogP contribution in [0.3, 0.4) is 0 Å². The van der Waals surface area contributed by atoms with Crippen molar-refractivity contribution in [2.75, 3.05) is 13.0 Å². The molecule has 0 aromatic heterocycles. The topological polar surface area (TPSA) is 38.7 Å². The fourth-order valence-corrected chi connectivity index (χ4v) is 0.760. The number of halogens is 1. The minimum atomic E-state index is -0.343. The Kier molecular flexibility index (Phi) is 6.76. The SMILES string of the molecule is CCCCC(=NC(=O)CCl)OC. The summed E-state index contributed by atoms with van der Waals surface area (Å²) in [6.07, 6.45) is 2.73. The summed E-state index contributed by atoms with van der Waals surface area (Å²) >= 11 is 5.27. The smallest absolute Gasteiger partial charge is 0.263 e. The molecule has 0 aromatic carbocycles. The van der Waals surface area contributed by atoms with E-state index in [9.17, 15) is 4.79 Å². The van der Waals surface area contributed by atoms with Crippen molar-refractivity contribution in [2.24, 2.45) is 4.99 Å². The number of rotatable bonds is 4. The number of amides is 1. The Hall–Kier alpha value is -0.570. The van der Waals surface area contributed by atoms with Crippen LogP contribution in [0.4, 0.5) is 0 Å². The summed E-state index contributed by atoms with van der Waals surface area (Å²) in [6, 6.07) is 0. The zero-order chi connectivity index (χ0) is 9.40. The molecule has 3 nitrogen and oxygen atoms in total. The molecule has 0 aromatic rings. The molecule has 0 N–H and O–H groups in total. The van der Waals surface area contributed by atoms with Crippen LogP contribution in [0.5, 0.6) is 0 Å². The third-order valence-corrected chi connectivity index (χ3v) is 1.57. The number of ether oxygens (including phenoxy) is 1. The summed E-state index contributed by atoms with van der Waals surface area (Å²) in [4.78, 5) is 14.4. The number of unbranched alkanes of at least 4 members (excludes halogenated alkanes) is 1. The van der Waals surface area contributed by atoms with Crippen molar-refractivity contribution in [2.45, 2.75) is 26.2 Å². The molecule has 0 saturated heterocycles. The van der Waals surface area contributed by atoms with Crippen molar-refractivity contribution in [3.05, 3.63) is 0 Å². The van der Waals surface area contributed by atoms with E-state index in [1.807, 2.05) is 0 Å². The number of nitrogens with zero attached hydrogens (tertiary/aromatic N) is 1. The minimum Gasteiger partial charge on any atom is -0.484 e. The lowest BCUT2D eigenvalue weighted by atomic mass is 10.2. The first kappa shape index (κ1) is 11.4. The molecular weight excluding hydrogens is 178 g/mol. The van der Waals surface area contributed by atoms with Gasteiger partial charge in [-0.1, -0.05) is 13.3 Å². The highest BCUT2D eigenvalue weighted by molar-refractivity contribution is 6.28. The van der Waals surface area contributed by atoms with Gasteiger partial charge in [0.25, 0.3) is 5.91 Å². The number of carbonyl (C=O) groups excluding carboxylic acids is 1. The molecule has 12 heavy (non-hydrogen) atoms. The quantitative estimate of drug-likeness (QED) is 0.387. The number of carbonyl (C=O) groups is 1. The van der Waals surface area contributed by atoms with Crippen LogP contribution in [-0.2, 0) is 9.53 Å². The summed E-state index contributed by atoms with van der Waals surface area (Å²) < 4.78 is 4.90. The molecule has 0 bridgehead atoms. The number of hydrogen-bond donors (Lipinski definition) is 0. The second kappa shape index (κ2) is 7.10. The molecule has 70 valence electrons. The van der Waals surface area contributed by atoms with Gasteiger partial charge < -0.3 is 4.74 Å². The van der Waals surface area contributed by atoms with Gasteiger partial charge in [-0.05, 0) is 6.42 Å². The third-order valence-electron chi connectivity index (χ3n) is 1.34. The van der Waals surface area contributed by atoms with E-state index < -0.39 is 0 Å². The van der Waals surface area contributed by atoms with Gasteiger partial charge in [-0.2, -0.15) is 4.99 Å². The van der Waals surface area contributed by atoms with Crippen LogP contribution >= 0.6 is 11.6 Å². The van der Waals surface area contributed by atoms with E-state index in [0.717, 1.165) is 12.8 Å². The summed E-state index contributed by atoms with van der Waals surface area (Å²) in [5.41, 5.74) is 0. The highest BCUT2D eigenvalue weighted by atomic mass is 35.5. The van der Waals surface area contributed by atoms with Crippen LogP contribution < -0.4 is 0 Å². The summed E-state index contributed by atoms with van der Waals surface area (Å²) in [7, 11) is 1.51. The van der Waals surface area contributed by atoms with Gasteiger partial charge in [0.05, 0.1) is 7.11 Å². The van der Waals surface area contributed by atoms with Gasteiger partial charge in [0.1, 0.15) is 5.88 Å². The fourth-order valence-electron chi connectivity index (χ4n) is 0.701. The van der Waals surface area contributed by atoms with Crippen molar-refractivity contribution in [3.8, 4) is 0 Å². The van der Waals surface area contributed by atoms with Crippen molar-refractivity contribution >= 4 is 23.4 Å². The highest BCUT2D eigenvalue weighted by Gasteiger charge is 2.01. The maximum atomic E-state index is 10.7. The normalized spacial score (nSPS) is 11.4. The van der Waals surface area contributed by atoms with Crippen molar-refractivity contribution in [3.63, 3.8) is 0 Å². The lowest BCUT2D eigenvalue weighted by Crippen LogP contribution is -2.06. The van der Waals surface area contributed by atoms with E-state index in [0.29, 0.717) is 12.3 Å². The van der Waals surface area contributed by atoms with Crippen LogP contribution in [0.2, 0.25) is 0 Å². The summed E-state index contributed by atoms with van der Waals surface area (Å²) in [5, 5.41) is 0. The average Bonchev–Trinajstić information content (AvgIpc) is 2.11. The lowest BCUT2D eigenvalue weighted by Gasteiger charge is -2.01. The molecule has 0 aliphatic heterocycles. The van der Waals surface area contributed by atoms with Crippen LogP contribution in [0.15, 0.2) is 4.99 Å². The molecule has 0 rings (SSSR count). The number of alkyl halides is 1. The lowest BCUT2D eigenvalue weighted by molar-refractivity contribution is -0.115. The van der Waals surface area contributed by atoms with Gasteiger partial charge in [-0.15, -0.1) is 11.6 Å². The van der Waals surface area contributed by atoms with Crippen LogP contribution in [0, 0.1) is 0 Å². The largest absolute Gasteiger partial charge is 0.484 e. The second-order valence-corrected chi connectivity index (χ2v) is 2.61. The first-order valence-electron chi connectivity index (χ1n) is 3.95. The minimum absolute atomic E-state index is 0.0843. The Bertz CT molecular complexity index is 168. The van der Waals surface area contributed by atoms with E-state index in [1.165, 1.54) is 7.11 Å². The maximum absolute atomic E-state index is 10.7. The van der Waals surface area contributed by atoms with Gasteiger partial charge in [0.15, 0.2) is 5.90 Å². The number of hydrogen-bond acceptors (Lipinski definition) is 2. The van der Waals surface area contributed by atoms with E-state index >= 15 is 0 Å². The molecule has 0 radical (unpaired) electrons. The standard InChI is InChI=1S/C8H14ClNO2/c1-3-4-5-8(12-2)10-7(11)6-9/h3-6H2,1-2H3. The van der Waals surface area contributed by atoms with Crippen LogP contribution in [0.25, 0.3) is 0 Å². The van der Waals surface area contributed by atoms with Gasteiger partial charge >= 0.3 is 0 Å². The Morgan fingerprint density at radius 3 is 2.67 bits per heavy atom. The van der Waals surface area contributed by atoms with Gasteiger partial charge in [0.2, 0.25) is 0 Å². The third kappa shape index (κ3) is 5.13. The van der Waals surface area contributed by atoms with Crippen molar-refractivity contribution in [1.82, 2.24) is 0 Å². The first-order chi connectivity index (χ1) is 5.74. The molecule has 0 spiro atoms. The zero-order valence-corrected chi connectivity index (χ0v) is 8.23. The first-order valence-corrected chi connectivity index (χ1v) is 4.48. The Balaban J connectivity index is 3.94. The molecule has 0 aliphatic carbocycles. The molecule has 0 atom stereocenters. The Morgan fingerprint density at radius 2 is 2.25 bits per heavy atom. The van der Waals surface area contributed by atoms with Gasteiger partial charge in [-0.3, -0.25) is 4.79 Å². The second-order valence-electron chi connectivity index (χ2n) is 2.34. The van der Waals surface area contributed by atoms with E-state index in [4.69, 9.17) is 16.3 Å². The zero-order valence-electron chi connectivity index (χ0n) is 7.47. The maximum Gasteiger partial charge on any atom is 0.263 e. The molecule has 0 fully saturated rings. The average molecular weight is 192 g/mol. The predicted octanol–water partition coefficient (Wildman–Crippen LogP) is 1.99. The molecule has 0 aliphatic rings. The molecule has 1 amide bonds. The number of methoxy groups -OCH3 is 1. The molecule has 0 saturated carbocycles. The van der Waals surface area contributed by atoms with E-state index in [2.05, 4.69) is 11.9 Å². The highest BCUT2D eigenvalue weighted by Crippen LogP contribution is 1.98. The summed E-state index contributed by atoms with van der Waals surface area (Å²) in [6.45, 7) is 2.07. The molecule has 4 heteroatoms. The Labute approximate surface area is 77.8 Å². The van der Waals surface area contributed by atoms with E-state index in [1.54, 1.807) is 0 Å². The van der Waals surface area contributed by atoms with Crippen molar-refractivity contribution < 1.29 is 9.53 Å². The van der Waals surface area contributed by atoms with Crippen LogP contribution in [-0.4, -0.2) is 24.8 Å². The molecular formula is C8H14ClNO2. The monoisotopic (exact) mass is 191 g/mol. The molecule has 0 unspecified atom stereocenters. The van der Waals surface area contributed by atoms with Crippen molar-refractivity contribution in [1.29, 1.82) is 0 Å². The fraction of sp³-hybridized carbons (Fsp3) is 0.750. The van der Waals surface area contributed by atoms with Gasteiger partial charge in [-0.25, -0.2) is 0 Å². The summed E-state index contributed by atoms with van der Waals surface area (Å²) in [5.74, 6) is 0.0473. The number of aliphatic imine (C=N–C) groups is 1. The van der Waals surface area contributed by atoms with Gasteiger partial charge in [0, 0.05) is 6.42 Å². The predicted molar refractivity (Wildman–Crippen MR) is 49.7 cm³/mol. The van der Waals surface area contributed by atoms with E-state index in [-0.39, 0.29) is 11.8 Å².